The fourth-order valence-electron chi connectivity index (χ4n) is 2.99. The second kappa shape index (κ2) is 6.09. The molecule has 0 spiro atoms. The normalized spacial score (nSPS) is 28.4. The Morgan fingerprint density at radius 1 is 1.22 bits per heavy atom. The minimum absolute atomic E-state index is 0.542. The average Bonchev–Trinajstić information content (AvgIpc) is 2.63. The highest BCUT2D eigenvalue weighted by atomic mass is 32.2. The van der Waals surface area contributed by atoms with Crippen LogP contribution in [0.5, 0.6) is 0 Å². The van der Waals surface area contributed by atoms with Gasteiger partial charge < -0.3 is 10.6 Å². The van der Waals surface area contributed by atoms with Crippen LogP contribution in [0.2, 0.25) is 0 Å². The predicted octanol–water partition coefficient (Wildman–Crippen LogP) is 2.71. The molecular weight excluding hydrogens is 240 g/mol. The van der Waals surface area contributed by atoms with Crippen LogP contribution >= 0.6 is 11.8 Å². The van der Waals surface area contributed by atoms with Gasteiger partial charge in [0, 0.05) is 24.4 Å². The van der Waals surface area contributed by atoms with Crippen molar-refractivity contribution in [1.82, 2.24) is 10.6 Å². The van der Waals surface area contributed by atoms with Crippen molar-refractivity contribution in [3.8, 4) is 0 Å². The second-order valence-corrected chi connectivity index (χ2v) is 6.45. The molecule has 0 aromatic heterocycles. The largest absolute Gasteiger partial charge is 0.313 e. The Hall–Kier alpha value is -0.510. The number of nitrogens with one attached hydrogen (secondary N) is 2. The smallest absolute Gasteiger partial charge is 0.0338 e. The lowest BCUT2D eigenvalue weighted by molar-refractivity contribution is 0.415. The third kappa shape index (κ3) is 2.90. The number of hydrogen-bond acceptors (Lipinski definition) is 3. The van der Waals surface area contributed by atoms with Gasteiger partial charge in [0.15, 0.2) is 0 Å². The van der Waals surface area contributed by atoms with E-state index in [9.17, 15) is 0 Å². The molecule has 1 aromatic carbocycles. The van der Waals surface area contributed by atoms with Crippen LogP contribution in [-0.2, 0) is 6.54 Å². The van der Waals surface area contributed by atoms with Gasteiger partial charge in [0.25, 0.3) is 0 Å². The topological polar surface area (TPSA) is 24.1 Å². The molecule has 0 amide bonds. The first-order valence-corrected chi connectivity index (χ1v) is 8.21. The molecule has 2 heterocycles. The van der Waals surface area contributed by atoms with E-state index < -0.39 is 0 Å². The Kier molecular flexibility index (Phi) is 4.24. The summed E-state index contributed by atoms with van der Waals surface area (Å²) >= 11 is 2.10. The highest BCUT2D eigenvalue weighted by Crippen LogP contribution is 2.26. The van der Waals surface area contributed by atoms with Crippen molar-refractivity contribution in [3.05, 3.63) is 35.4 Å². The molecule has 3 heteroatoms. The average molecular weight is 262 g/mol. The van der Waals surface area contributed by atoms with Crippen molar-refractivity contribution in [1.29, 1.82) is 0 Å². The molecule has 0 aliphatic carbocycles. The summed E-state index contributed by atoms with van der Waals surface area (Å²) in [6.07, 6.45) is 3.92. The number of thioether (sulfide) groups is 1. The summed E-state index contributed by atoms with van der Waals surface area (Å²) in [5, 5.41) is 7.42. The Bertz CT molecular complexity index is 388. The molecule has 0 bridgehead atoms. The Morgan fingerprint density at radius 2 is 2.17 bits per heavy atom. The summed E-state index contributed by atoms with van der Waals surface area (Å²) in [4.78, 5) is 0. The van der Waals surface area contributed by atoms with Crippen molar-refractivity contribution in [3.63, 3.8) is 0 Å². The van der Waals surface area contributed by atoms with Gasteiger partial charge in [-0.25, -0.2) is 0 Å². The van der Waals surface area contributed by atoms with E-state index in [1.54, 1.807) is 0 Å². The molecule has 2 aliphatic heterocycles. The summed E-state index contributed by atoms with van der Waals surface area (Å²) < 4.78 is 0. The lowest BCUT2D eigenvalue weighted by atomic mass is 9.98. The SMILES string of the molecule is c1ccc2c(c1)CNCCC2NC1CCCSC1. The van der Waals surface area contributed by atoms with Crippen LogP contribution < -0.4 is 10.6 Å². The van der Waals surface area contributed by atoms with Crippen LogP contribution in [0, 0.1) is 0 Å². The molecule has 1 saturated heterocycles. The van der Waals surface area contributed by atoms with Crippen LogP contribution in [0.4, 0.5) is 0 Å². The van der Waals surface area contributed by atoms with Crippen LogP contribution in [0.1, 0.15) is 36.4 Å². The predicted molar refractivity (Wildman–Crippen MR) is 79.0 cm³/mol. The van der Waals surface area contributed by atoms with E-state index in [1.807, 2.05) is 0 Å². The maximum atomic E-state index is 3.89. The molecular formula is C15H22N2S. The quantitative estimate of drug-likeness (QED) is 0.857. The first kappa shape index (κ1) is 12.5. The van der Waals surface area contributed by atoms with Gasteiger partial charge in [-0.2, -0.15) is 11.8 Å². The number of fused-ring (bicyclic) bond motifs is 1. The molecule has 3 rings (SSSR count). The number of benzene rings is 1. The van der Waals surface area contributed by atoms with E-state index in [0.29, 0.717) is 12.1 Å². The molecule has 18 heavy (non-hydrogen) atoms. The summed E-state index contributed by atoms with van der Waals surface area (Å²) in [6, 6.07) is 10.1. The highest BCUT2D eigenvalue weighted by Gasteiger charge is 2.22. The Balaban J connectivity index is 1.74. The first-order chi connectivity index (χ1) is 8.93. The van der Waals surface area contributed by atoms with Crippen molar-refractivity contribution in [2.24, 2.45) is 0 Å². The summed E-state index contributed by atoms with van der Waals surface area (Å²) in [5.41, 5.74) is 2.98. The van der Waals surface area contributed by atoms with Gasteiger partial charge >= 0.3 is 0 Å². The van der Waals surface area contributed by atoms with Crippen LogP contribution in [0.3, 0.4) is 0 Å². The van der Waals surface area contributed by atoms with Crippen molar-refractivity contribution < 1.29 is 0 Å². The van der Waals surface area contributed by atoms with E-state index in [1.165, 1.54) is 41.9 Å². The van der Waals surface area contributed by atoms with Crippen molar-refractivity contribution >= 4 is 11.8 Å². The maximum Gasteiger partial charge on any atom is 0.0338 e. The van der Waals surface area contributed by atoms with Crippen molar-refractivity contribution in [2.45, 2.75) is 37.9 Å². The Labute approximate surface area is 114 Å². The van der Waals surface area contributed by atoms with Gasteiger partial charge in [0.2, 0.25) is 0 Å². The van der Waals surface area contributed by atoms with Crippen LogP contribution in [0.25, 0.3) is 0 Å². The molecule has 2 aliphatic rings. The molecule has 2 nitrogen and oxygen atoms in total. The maximum absolute atomic E-state index is 3.89. The highest BCUT2D eigenvalue weighted by molar-refractivity contribution is 7.99. The third-order valence-corrected chi connectivity index (χ3v) is 5.17. The van der Waals surface area contributed by atoms with Gasteiger partial charge in [-0.3, -0.25) is 0 Å². The van der Waals surface area contributed by atoms with E-state index in [4.69, 9.17) is 0 Å². The molecule has 0 saturated carbocycles. The van der Waals surface area contributed by atoms with E-state index in [2.05, 4.69) is 46.7 Å². The van der Waals surface area contributed by atoms with Gasteiger partial charge in [-0.1, -0.05) is 24.3 Å². The minimum Gasteiger partial charge on any atom is -0.313 e. The number of rotatable bonds is 2. The molecule has 2 atom stereocenters. The zero-order chi connectivity index (χ0) is 12.2. The second-order valence-electron chi connectivity index (χ2n) is 5.30. The van der Waals surface area contributed by atoms with Gasteiger partial charge in [0.1, 0.15) is 0 Å². The van der Waals surface area contributed by atoms with Gasteiger partial charge in [-0.05, 0) is 42.7 Å². The van der Waals surface area contributed by atoms with E-state index in [-0.39, 0.29) is 0 Å². The fourth-order valence-corrected chi connectivity index (χ4v) is 4.07. The van der Waals surface area contributed by atoms with E-state index >= 15 is 0 Å². The molecule has 1 fully saturated rings. The monoisotopic (exact) mass is 262 g/mol. The van der Waals surface area contributed by atoms with Crippen LogP contribution in [-0.4, -0.2) is 24.1 Å². The zero-order valence-electron chi connectivity index (χ0n) is 10.8. The molecule has 2 N–H and O–H groups in total. The fraction of sp³-hybridized carbons (Fsp3) is 0.600. The standard InChI is InChI=1S/C15H22N2S/c1-2-6-14-12(4-1)10-16-8-7-15(14)17-13-5-3-9-18-11-13/h1-2,4,6,13,15-17H,3,5,7-11H2. The zero-order valence-corrected chi connectivity index (χ0v) is 11.6. The molecule has 0 radical (unpaired) electrons. The molecule has 2 unspecified atom stereocenters. The summed E-state index contributed by atoms with van der Waals surface area (Å²) in [6.45, 7) is 2.14. The van der Waals surface area contributed by atoms with Gasteiger partial charge in [0.05, 0.1) is 0 Å². The van der Waals surface area contributed by atoms with Crippen LogP contribution in [0.15, 0.2) is 24.3 Å². The van der Waals surface area contributed by atoms with Crippen molar-refractivity contribution in [2.75, 3.05) is 18.1 Å². The lowest BCUT2D eigenvalue weighted by Crippen LogP contribution is -2.37. The molecule has 98 valence electrons. The lowest BCUT2D eigenvalue weighted by Gasteiger charge is -2.28. The summed E-state index contributed by atoms with van der Waals surface area (Å²) in [7, 11) is 0. The first-order valence-electron chi connectivity index (χ1n) is 7.06. The van der Waals surface area contributed by atoms with E-state index in [0.717, 1.165) is 13.1 Å². The minimum atomic E-state index is 0.542. The van der Waals surface area contributed by atoms with Gasteiger partial charge in [-0.15, -0.1) is 0 Å². The summed E-state index contributed by atoms with van der Waals surface area (Å²) in [5.74, 6) is 2.63. The number of hydrogen-bond donors (Lipinski definition) is 2. The Morgan fingerprint density at radius 3 is 3.06 bits per heavy atom. The third-order valence-electron chi connectivity index (χ3n) is 3.95. The molecule has 1 aromatic rings.